The van der Waals surface area contributed by atoms with Gasteiger partial charge in [-0.3, -0.25) is 14.4 Å². The predicted octanol–water partition coefficient (Wildman–Crippen LogP) is 1.99. The average molecular weight is 382 g/mol. The number of likely N-dealkylation sites (tertiary alicyclic amines) is 1. The van der Waals surface area contributed by atoms with Crippen molar-refractivity contribution in [3.63, 3.8) is 0 Å². The van der Waals surface area contributed by atoms with Crippen molar-refractivity contribution in [3.05, 3.63) is 28.2 Å². The lowest BCUT2D eigenvalue weighted by Gasteiger charge is -2.35. The number of carbonyl (C=O) groups excluding carboxylic acids is 3. The van der Waals surface area contributed by atoms with Crippen LogP contribution in [0.3, 0.4) is 0 Å². The zero-order valence-corrected chi connectivity index (χ0v) is 14.7. The van der Waals surface area contributed by atoms with E-state index in [1.54, 1.807) is 23.1 Å². The second kappa shape index (κ2) is 7.12. The van der Waals surface area contributed by atoms with E-state index in [9.17, 15) is 14.4 Å². The number of primary amides is 1. The van der Waals surface area contributed by atoms with E-state index in [0.29, 0.717) is 30.5 Å². The zero-order chi connectivity index (χ0) is 17.1. The molecule has 1 fully saturated rings. The standard InChI is InChI=1S/C16H20BrN3O3/c1-9-5-10(2)8-20(7-9)16(23)12-6-11(17)3-4-13(12)19-15(22)14(18)21/h3-4,6,9-10H,5,7-8H2,1-2H3,(H2,18,21)(H,19,22)/t9-,10+. The Labute approximate surface area is 143 Å². The van der Waals surface area contributed by atoms with Crippen molar-refractivity contribution in [3.8, 4) is 0 Å². The lowest BCUT2D eigenvalue weighted by Crippen LogP contribution is -2.43. The SMILES string of the molecule is C[C@@H]1C[C@H](C)CN(C(=O)c2cc(Br)ccc2NC(=O)C(N)=O)C1. The number of nitrogens with two attached hydrogens (primary N) is 1. The normalized spacial score (nSPS) is 20.9. The molecule has 1 aromatic carbocycles. The van der Waals surface area contributed by atoms with Crippen LogP contribution >= 0.6 is 15.9 Å². The quantitative estimate of drug-likeness (QED) is 0.767. The number of halogens is 1. The van der Waals surface area contributed by atoms with Crippen LogP contribution in [0.4, 0.5) is 5.69 Å². The molecule has 0 aromatic heterocycles. The number of rotatable bonds is 2. The van der Waals surface area contributed by atoms with Gasteiger partial charge >= 0.3 is 11.8 Å². The molecule has 1 aliphatic heterocycles. The van der Waals surface area contributed by atoms with Crippen LogP contribution in [0, 0.1) is 11.8 Å². The summed E-state index contributed by atoms with van der Waals surface area (Å²) in [7, 11) is 0. The van der Waals surface area contributed by atoms with Gasteiger partial charge in [-0.25, -0.2) is 0 Å². The third-order valence-electron chi connectivity index (χ3n) is 3.84. The summed E-state index contributed by atoms with van der Waals surface area (Å²) in [4.78, 5) is 37.1. The van der Waals surface area contributed by atoms with E-state index in [1.165, 1.54) is 0 Å². The summed E-state index contributed by atoms with van der Waals surface area (Å²) in [6.45, 7) is 5.59. The molecule has 2 rings (SSSR count). The van der Waals surface area contributed by atoms with Crippen LogP contribution in [0.2, 0.25) is 0 Å². The first-order valence-corrected chi connectivity index (χ1v) is 8.26. The highest BCUT2D eigenvalue weighted by Gasteiger charge is 2.28. The third-order valence-corrected chi connectivity index (χ3v) is 4.33. The number of hydrogen-bond donors (Lipinski definition) is 2. The first-order chi connectivity index (χ1) is 10.8. The van der Waals surface area contributed by atoms with E-state index >= 15 is 0 Å². The van der Waals surface area contributed by atoms with Gasteiger partial charge in [0.05, 0.1) is 11.3 Å². The number of amides is 3. The minimum atomic E-state index is -1.09. The fourth-order valence-corrected chi connectivity index (χ4v) is 3.35. The van der Waals surface area contributed by atoms with Gasteiger partial charge < -0.3 is 16.0 Å². The molecule has 0 spiro atoms. The Bertz CT molecular complexity index is 637. The van der Waals surface area contributed by atoms with E-state index in [1.807, 2.05) is 0 Å². The van der Waals surface area contributed by atoms with Crippen LogP contribution in [0.15, 0.2) is 22.7 Å². The third kappa shape index (κ3) is 4.31. The molecular formula is C16H20BrN3O3. The Morgan fingerprint density at radius 3 is 2.39 bits per heavy atom. The van der Waals surface area contributed by atoms with Gasteiger partial charge in [-0.05, 0) is 36.5 Å². The summed E-state index contributed by atoms with van der Waals surface area (Å²) >= 11 is 3.33. The summed E-state index contributed by atoms with van der Waals surface area (Å²) in [5.41, 5.74) is 5.59. The highest BCUT2D eigenvalue weighted by atomic mass is 79.9. The Morgan fingerprint density at radius 1 is 1.22 bits per heavy atom. The highest BCUT2D eigenvalue weighted by Crippen LogP contribution is 2.27. The number of nitrogens with one attached hydrogen (secondary N) is 1. The van der Waals surface area contributed by atoms with E-state index in [0.717, 1.165) is 10.9 Å². The fourth-order valence-electron chi connectivity index (χ4n) is 2.99. The van der Waals surface area contributed by atoms with Crippen LogP contribution in [-0.2, 0) is 9.59 Å². The monoisotopic (exact) mass is 381 g/mol. The van der Waals surface area contributed by atoms with E-state index in [2.05, 4.69) is 35.1 Å². The molecule has 7 heteroatoms. The molecule has 3 amide bonds. The maximum atomic E-state index is 12.9. The van der Waals surface area contributed by atoms with Gasteiger partial charge in [0.15, 0.2) is 0 Å². The number of hydrogen-bond acceptors (Lipinski definition) is 3. The van der Waals surface area contributed by atoms with E-state index < -0.39 is 11.8 Å². The summed E-state index contributed by atoms with van der Waals surface area (Å²) < 4.78 is 0.719. The molecule has 0 saturated carbocycles. The fraction of sp³-hybridized carbons (Fsp3) is 0.438. The maximum Gasteiger partial charge on any atom is 0.313 e. The topological polar surface area (TPSA) is 92.5 Å². The van der Waals surface area contributed by atoms with E-state index in [-0.39, 0.29) is 11.6 Å². The number of piperidine rings is 1. The van der Waals surface area contributed by atoms with Crippen LogP contribution in [0.25, 0.3) is 0 Å². The molecule has 1 aromatic rings. The van der Waals surface area contributed by atoms with E-state index in [4.69, 9.17) is 5.73 Å². The second-order valence-corrected chi connectivity index (χ2v) is 7.08. The lowest BCUT2D eigenvalue weighted by molar-refractivity contribution is -0.134. The summed E-state index contributed by atoms with van der Waals surface area (Å²) in [6, 6.07) is 4.91. The van der Waals surface area contributed by atoms with Gasteiger partial charge in [0.1, 0.15) is 0 Å². The van der Waals surface area contributed by atoms with Crippen molar-refractivity contribution in [2.24, 2.45) is 17.6 Å². The number of anilines is 1. The molecule has 1 heterocycles. The Morgan fingerprint density at radius 2 is 1.83 bits per heavy atom. The van der Waals surface area contributed by atoms with Gasteiger partial charge in [0, 0.05) is 17.6 Å². The van der Waals surface area contributed by atoms with Crippen molar-refractivity contribution in [2.45, 2.75) is 20.3 Å². The maximum absolute atomic E-state index is 12.9. The molecule has 124 valence electrons. The number of nitrogens with zero attached hydrogens (tertiary/aromatic N) is 1. The minimum Gasteiger partial charge on any atom is -0.361 e. The summed E-state index contributed by atoms with van der Waals surface area (Å²) in [5, 5.41) is 2.40. The highest BCUT2D eigenvalue weighted by molar-refractivity contribution is 9.10. The smallest absolute Gasteiger partial charge is 0.313 e. The Kier molecular flexibility index (Phi) is 5.41. The number of benzene rings is 1. The largest absolute Gasteiger partial charge is 0.361 e. The molecule has 0 unspecified atom stereocenters. The molecule has 6 nitrogen and oxygen atoms in total. The summed E-state index contributed by atoms with van der Waals surface area (Å²) in [6.07, 6.45) is 1.09. The van der Waals surface area contributed by atoms with Crippen LogP contribution in [0.1, 0.15) is 30.6 Å². The van der Waals surface area contributed by atoms with Gasteiger partial charge in [-0.2, -0.15) is 0 Å². The molecule has 3 N–H and O–H groups in total. The van der Waals surface area contributed by atoms with Gasteiger partial charge in [-0.15, -0.1) is 0 Å². The van der Waals surface area contributed by atoms with Gasteiger partial charge in [0.2, 0.25) is 0 Å². The van der Waals surface area contributed by atoms with Crippen molar-refractivity contribution < 1.29 is 14.4 Å². The number of carbonyl (C=O) groups is 3. The minimum absolute atomic E-state index is 0.163. The second-order valence-electron chi connectivity index (χ2n) is 6.16. The van der Waals surface area contributed by atoms with Crippen LogP contribution in [0.5, 0.6) is 0 Å². The first-order valence-electron chi connectivity index (χ1n) is 7.47. The molecule has 23 heavy (non-hydrogen) atoms. The van der Waals surface area contributed by atoms with Gasteiger partial charge in [0.25, 0.3) is 5.91 Å². The molecule has 1 saturated heterocycles. The molecule has 0 bridgehead atoms. The van der Waals surface area contributed by atoms with Crippen molar-refractivity contribution in [1.82, 2.24) is 4.90 Å². The summed E-state index contributed by atoms with van der Waals surface area (Å²) in [5.74, 6) is -1.34. The van der Waals surface area contributed by atoms with Crippen LogP contribution in [-0.4, -0.2) is 35.7 Å². The average Bonchev–Trinajstić information content (AvgIpc) is 2.47. The van der Waals surface area contributed by atoms with Crippen molar-refractivity contribution in [1.29, 1.82) is 0 Å². The predicted molar refractivity (Wildman–Crippen MR) is 90.8 cm³/mol. The molecule has 1 aliphatic rings. The molecule has 2 atom stereocenters. The lowest BCUT2D eigenvalue weighted by atomic mass is 9.91. The van der Waals surface area contributed by atoms with Crippen LogP contribution < -0.4 is 11.1 Å². The Balaban J connectivity index is 2.29. The molecule has 0 radical (unpaired) electrons. The Hall–Kier alpha value is -1.89. The first kappa shape index (κ1) is 17.5. The zero-order valence-electron chi connectivity index (χ0n) is 13.1. The van der Waals surface area contributed by atoms with Gasteiger partial charge in [-0.1, -0.05) is 29.8 Å². The van der Waals surface area contributed by atoms with Crippen molar-refractivity contribution >= 4 is 39.3 Å². The van der Waals surface area contributed by atoms with Crippen molar-refractivity contribution in [2.75, 3.05) is 18.4 Å². The molecule has 0 aliphatic carbocycles. The molecular weight excluding hydrogens is 362 g/mol.